The summed E-state index contributed by atoms with van der Waals surface area (Å²) in [5.41, 5.74) is 5.91. The highest BCUT2D eigenvalue weighted by molar-refractivity contribution is 7.91. The lowest BCUT2D eigenvalue weighted by atomic mass is 10.2. The van der Waals surface area contributed by atoms with Crippen LogP contribution in [-0.4, -0.2) is 45.9 Å². The third-order valence-electron chi connectivity index (χ3n) is 4.23. The fraction of sp³-hybridized carbons (Fsp3) is 0.562. The number of nitrogens with one attached hydrogen (secondary N) is 1. The Hall–Kier alpha value is -1.51. The second kappa shape index (κ2) is 8.25. The highest BCUT2D eigenvalue weighted by Gasteiger charge is 2.28. The van der Waals surface area contributed by atoms with Crippen LogP contribution < -0.4 is 20.5 Å². The molecule has 0 aromatic heterocycles. The summed E-state index contributed by atoms with van der Waals surface area (Å²) in [6.45, 7) is 1.23. The number of ether oxygens (including phenoxy) is 2. The minimum atomic E-state index is -3.56. The Kier molecular flexibility index (Phi) is 6.53. The molecule has 1 aromatic rings. The molecular weight excluding hydrogens is 368 g/mol. The van der Waals surface area contributed by atoms with Crippen molar-refractivity contribution in [3.63, 3.8) is 0 Å². The third-order valence-corrected chi connectivity index (χ3v) is 5.95. The fourth-order valence-corrected chi connectivity index (χ4v) is 3.82. The number of nitrogens with two attached hydrogens (primary N) is 1. The maximum Gasteiger partial charge on any atom is 0.221 e. The van der Waals surface area contributed by atoms with Crippen LogP contribution >= 0.6 is 12.4 Å². The van der Waals surface area contributed by atoms with Crippen LogP contribution in [0.1, 0.15) is 19.3 Å². The first-order valence-corrected chi connectivity index (χ1v) is 9.75. The molecule has 1 saturated carbocycles. The summed E-state index contributed by atoms with van der Waals surface area (Å²) in [7, 11) is -3.56. The van der Waals surface area contributed by atoms with Gasteiger partial charge in [0.25, 0.3) is 0 Å². The van der Waals surface area contributed by atoms with Crippen molar-refractivity contribution in [3.8, 4) is 11.5 Å². The number of fused-ring (bicyclic) bond motifs is 1. The second-order valence-electron chi connectivity index (χ2n) is 6.18. The molecule has 1 aromatic carbocycles. The molecule has 0 bridgehead atoms. The molecule has 1 heterocycles. The Morgan fingerprint density at radius 3 is 2.60 bits per heavy atom. The second-order valence-corrected chi connectivity index (χ2v) is 8.29. The standard InChI is InChI=1S/C16H22N2O5S.ClH/c17-13(11-1-2-11)10-18-16(19)5-8-24(20,21)12-3-4-14-15(9-12)23-7-6-22-14;/h3-4,9,11,13H,1-2,5-8,10,17H2,(H,18,19);1H. The van der Waals surface area contributed by atoms with Crippen LogP contribution in [0.3, 0.4) is 0 Å². The van der Waals surface area contributed by atoms with Crippen molar-refractivity contribution in [1.82, 2.24) is 5.32 Å². The van der Waals surface area contributed by atoms with Crippen LogP contribution in [-0.2, 0) is 14.6 Å². The molecule has 7 nitrogen and oxygen atoms in total. The van der Waals surface area contributed by atoms with E-state index < -0.39 is 9.84 Å². The SMILES string of the molecule is Cl.NC(CNC(=O)CCS(=O)(=O)c1ccc2c(c1)OCCO2)C1CC1. The Balaban J connectivity index is 0.00000225. The van der Waals surface area contributed by atoms with Gasteiger partial charge in [0.2, 0.25) is 5.91 Å². The number of benzene rings is 1. The lowest BCUT2D eigenvalue weighted by Gasteiger charge is -2.18. The maximum atomic E-state index is 12.4. The number of sulfone groups is 1. The van der Waals surface area contributed by atoms with E-state index in [4.69, 9.17) is 15.2 Å². The lowest BCUT2D eigenvalue weighted by molar-refractivity contribution is -0.120. The van der Waals surface area contributed by atoms with E-state index in [9.17, 15) is 13.2 Å². The van der Waals surface area contributed by atoms with Crippen LogP contribution in [0.5, 0.6) is 11.5 Å². The van der Waals surface area contributed by atoms with Gasteiger partial charge in [-0.1, -0.05) is 0 Å². The number of halogens is 1. The summed E-state index contributed by atoms with van der Waals surface area (Å²) in [4.78, 5) is 12.0. The monoisotopic (exact) mass is 390 g/mol. The van der Waals surface area contributed by atoms with Gasteiger partial charge < -0.3 is 20.5 Å². The first-order valence-electron chi connectivity index (χ1n) is 8.10. The molecule has 2 aliphatic rings. The van der Waals surface area contributed by atoms with Crippen molar-refractivity contribution in [2.24, 2.45) is 11.7 Å². The van der Waals surface area contributed by atoms with Crippen molar-refractivity contribution in [2.75, 3.05) is 25.5 Å². The van der Waals surface area contributed by atoms with Gasteiger partial charge in [-0.25, -0.2) is 8.42 Å². The quantitative estimate of drug-likeness (QED) is 0.716. The van der Waals surface area contributed by atoms with E-state index in [-0.39, 0.29) is 41.4 Å². The molecule has 3 N–H and O–H groups in total. The predicted molar refractivity (Wildman–Crippen MR) is 95.1 cm³/mol. The van der Waals surface area contributed by atoms with E-state index >= 15 is 0 Å². The molecule has 1 unspecified atom stereocenters. The van der Waals surface area contributed by atoms with Gasteiger partial charge >= 0.3 is 0 Å². The Morgan fingerprint density at radius 1 is 1.24 bits per heavy atom. The summed E-state index contributed by atoms with van der Waals surface area (Å²) < 4.78 is 35.5. The Morgan fingerprint density at radius 2 is 1.92 bits per heavy atom. The van der Waals surface area contributed by atoms with Crippen molar-refractivity contribution < 1.29 is 22.7 Å². The van der Waals surface area contributed by atoms with E-state index in [1.165, 1.54) is 12.1 Å². The highest BCUT2D eigenvalue weighted by atomic mass is 35.5. The molecule has 1 aliphatic heterocycles. The van der Waals surface area contributed by atoms with E-state index in [0.29, 0.717) is 37.2 Å². The van der Waals surface area contributed by atoms with E-state index in [1.54, 1.807) is 6.07 Å². The predicted octanol–water partition coefficient (Wildman–Crippen LogP) is 0.897. The first-order chi connectivity index (χ1) is 11.5. The topological polar surface area (TPSA) is 108 Å². The van der Waals surface area contributed by atoms with Gasteiger partial charge in [0.1, 0.15) is 13.2 Å². The number of carbonyl (C=O) groups excluding carboxylic acids is 1. The summed E-state index contributed by atoms with van der Waals surface area (Å²) in [6, 6.07) is 4.47. The van der Waals surface area contributed by atoms with Gasteiger partial charge in [-0.3, -0.25) is 4.79 Å². The number of carbonyl (C=O) groups is 1. The fourth-order valence-electron chi connectivity index (χ4n) is 2.57. The average Bonchev–Trinajstić information content (AvgIpc) is 3.42. The number of hydrogen-bond acceptors (Lipinski definition) is 6. The molecule has 0 saturated heterocycles. The highest BCUT2D eigenvalue weighted by Crippen LogP contribution is 2.33. The van der Waals surface area contributed by atoms with Gasteiger partial charge in [-0.15, -0.1) is 12.4 Å². The molecule has 140 valence electrons. The van der Waals surface area contributed by atoms with Crippen LogP contribution in [0, 0.1) is 5.92 Å². The lowest BCUT2D eigenvalue weighted by Crippen LogP contribution is -2.39. The third kappa shape index (κ3) is 5.23. The zero-order valence-electron chi connectivity index (χ0n) is 13.8. The van der Waals surface area contributed by atoms with Gasteiger partial charge in [-0.05, 0) is 30.9 Å². The van der Waals surface area contributed by atoms with Crippen molar-refractivity contribution in [2.45, 2.75) is 30.2 Å². The van der Waals surface area contributed by atoms with Gasteiger partial charge in [0.05, 0.1) is 10.6 Å². The smallest absolute Gasteiger partial charge is 0.221 e. The summed E-state index contributed by atoms with van der Waals surface area (Å²) in [5.74, 6) is 0.894. The number of amides is 1. The summed E-state index contributed by atoms with van der Waals surface area (Å²) >= 11 is 0. The van der Waals surface area contributed by atoms with E-state index in [1.807, 2.05) is 0 Å². The molecular formula is C16H23ClN2O5S. The molecule has 1 atom stereocenters. The first kappa shape index (κ1) is 19.8. The molecule has 3 rings (SSSR count). The molecule has 9 heteroatoms. The van der Waals surface area contributed by atoms with Crippen LogP contribution in [0.4, 0.5) is 0 Å². The van der Waals surface area contributed by atoms with Crippen LogP contribution in [0.2, 0.25) is 0 Å². The number of hydrogen-bond donors (Lipinski definition) is 2. The van der Waals surface area contributed by atoms with Crippen molar-refractivity contribution in [1.29, 1.82) is 0 Å². The van der Waals surface area contributed by atoms with Crippen molar-refractivity contribution in [3.05, 3.63) is 18.2 Å². The molecule has 0 radical (unpaired) electrons. The largest absolute Gasteiger partial charge is 0.486 e. The zero-order valence-corrected chi connectivity index (χ0v) is 15.4. The maximum absolute atomic E-state index is 12.4. The normalized spacial score (nSPS) is 17.3. The van der Waals surface area contributed by atoms with Crippen LogP contribution in [0.15, 0.2) is 23.1 Å². The minimum Gasteiger partial charge on any atom is -0.486 e. The van der Waals surface area contributed by atoms with Crippen LogP contribution in [0.25, 0.3) is 0 Å². The number of rotatable bonds is 7. The summed E-state index contributed by atoms with van der Waals surface area (Å²) in [6.07, 6.45) is 2.12. The minimum absolute atomic E-state index is 0. The van der Waals surface area contributed by atoms with Gasteiger partial charge in [0.15, 0.2) is 21.3 Å². The van der Waals surface area contributed by atoms with Gasteiger partial charge in [0, 0.05) is 25.1 Å². The summed E-state index contributed by atoms with van der Waals surface area (Å²) in [5, 5.41) is 2.70. The zero-order chi connectivity index (χ0) is 17.2. The molecule has 25 heavy (non-hydrogen) atoms. The van der Waals surface area contributed by atoms with Gasteiger partial charge in [-0.2, -0.15) is 0 Å². The Bertz CT molecular complexity index is 721. The molecule has 1 fully saturated rings. The van der Waals surface area contributed by atoms with E-state index in [2.05, 4.69) is 5.32 Å². The van der Waals surface area contributed by atoms with E-state index in [0.717, 1.165) is 12.8 Å². The molecule has 1 aliphatic carbocycles. The molecule has 1 amide bonds. The Labute approximate surface area is 153 Å². The molecule has 0 spiro atoms. The van der Waals surface area contributed by atoms with Crippen molar-refractivity contribution >= 4 is 28.2 Å². The average molecular weight is 391 g/mol.